The molecular formula is C20H22N2O2. The predicted molar refractivity (Wildman–Crippen MR) is 98.3 cm³/mol. The van der Waals surface area contributed by atoms with Crippen LogP contribution in [0.4, 0.5) is 11.4 Å². The monoisotopic (exact) mass is 322 g/mol. The van der Waals surface area contributed by atoms with Crippen LogP contribution >= 0.6 is 0 Å². The molecule has 1 aliphatic rings. The summed E-state index contributed by atoms with van der Waals surface area (Å²) in [5, 5.41) is 2.98. The van der Waals surface area contributed by atoms with Crippen molar-refractivity contribution in [1.82, 2.24) is 0 Å². The molecule has 1 amide bonds. The SMILES string of the molecule is Cc1cccc(C=CC(=O)Nc2ccccc2N2CCOCC2)c1. The van der Waals surface area contributed by atoms with Gasteiger partial charge in [-0.2, -0.15) is 0 Å². The molecule has 0 saturated carbocycles. The highest BCUT2D eigenvalue weighted by molar-refractivity contribution is 6.03. The number of aryl methyl sites for hydroxylation is 1. The quantitative estimate of drug-likeness (QED) is 0.876. The maximum absolute atomic E-state index is 12.3. The van der Waals surface area contributed by atoms with E-state index in [9.17, 15) is 4.79 Å². The lowest BCUT2D eigenvalue weighted by Gasteiger charge is -2.30. The van der Waals surface area contributed by atoms with Gasteiger partial charge in [-0.3, -0.25) is 4.79 Å². The molecule has 2 aromatic carbocycles. The van der Waals surface area contributed by atoms with Crippen LogP contribution in [0.1, 0.15) is 11.1 Å². The minimum atomic E-state index is -0.128. The average Bonchev–Trinajstić information content (AvgIpc) is 2.61. The fraction of sp³-hybridized carbons (Fsp3) is 0.250. The van der Waals surface area contributed by atoms with Gasteiger partial charge in [0.05, 0.1) is 24.6 Å². The van der Waals surface area contributed by atoms with Crippen molar-refractivity contribution in [3.05, 3.63) is 65.7 Å². The fourth-order valence-electron chi connectivity index (χ4n) is 2.78. The zero-order valence-corrected chi connectivity index (χ0v) is 13.9. The molecule has 1 N–H and O–H groups in total. The molecule has 4 nitrogen and oxygen atoms in total. The van der Waals surface area contributed by atoms with Gasteiger partial charge in [-0.1, -0.05) is 42.0 Å². The van der Waals surface area contributed by atoms with E-state index in [1.807, 2.05) is 61.5 Å². The molecule has 4 heteroatoms. The van der Waals surface area contributed by atoms with Gasteiger partial charge in [0, 0.05) is 19.2 Å². The van der Waals surface area contributed by atoms with Gasteiger partial charge < -0.3 is 15.0 Å². The van der Waals surface area contributed by atoms with Crippen molar-refractivity contribution in [2.45, 2.75) is 6.92 Å². The van der Waals surface area contributed by atoms with Crippen LogP contribution in [0.3, 0.4) is 0 Å². The molecule has 0 radical (unpaired) electrons. The summed E-state index contributed by atoms with van der Waals surface area (Å²) in [6.45, 7) is 5.15. The zero-order valence-electron chi connectivity index (χ0n) is 13.9. The van der Waals surface area contributed by atoms with E-state index in [-0.39, 0.29) is 5.91 Å². The number of benzene rings is 2. The van der Waals surface area contributed by atoms with Crippen molar-refractivity contribution in [2.75, 3.05) is 36.5 Å². The Kier molecular flexibility index (Phi) is 5.29. The second-order valence-electron chi connectivity index (χ2n) is 5.85. The lowest BCUT2D eigenvalue weighted by molar-refractivity contribution is -0.111. The summed E-state index contributed by atoms with van der Waals surface area (Å²) in [4.78, 5) is 14.5. The molecule has 0 unspecified atom stereocenters. The Labute approximate surface area is 142 Å². The van der Waals surface area contributed by atoms with Crippen LogP contribution in [0.25, 0.3) is 6.08 Å². The minimum Gasteiger partial charge on any atom is -0.378 e. The van der Waals surface area contributed by atoms with E-state index in [1.54, 1.807) is 6.08 Å². The highest BCUT2D eigenvalue weighted by Gasteiger charge is 2.14. The first kappa shape index (κ1) is 16.3. The molecular weight excluding hydrogens is 300 g/mol. The summed E-state index contributed by atoms with van der Waals surface area (Å²) >= 11 is 0. The van der Waals surface area contributed by atoms with E-state index < -0.39 is 0 Å². The maximum atomic E-state index is 12.3. The van der Waals surface area contributed by atoms with E-state index in [4.69, 9.17) is 4.74 Å². The first-order chi connectivity index (χ1) is 11.7. The van der Waals surface area contributed by atoms with Crippen LogP contribution in [0.5, 0.6) is 0 Å². The number of hydrogen-bond donors (Lipinski definition) is 1. The summed E-state index contributed by atoms with van der Waals surface area (Å²) in [6.07, 6.45) is 3.41. The molecule has 0 aromatic heterocycles. The highest BCUT2D eigenvalue weighted by atomic mass is 16.5. The Morgan fingerprint density at radius 3 is 2.71 bits per heavy atom. The van der Waals surface area contributed by atoms with Crippen LogP contribution in [0, 0.1) is 6.92 Å². The number of amides is 1. The summed E-state index contributed by atoms with van der Waals surface area (Å²) in [6, 6.07) is 15.9. The van der Waals surface area contributed by atoms with Gasteiger partial charge in [0.2, 0.25) is 5.91 Å². The molecule has 1 aliphatic heterocycles. The number of rotatable bonds is 4. The summed E-state index contributed by atoms with van der Waals surface area (Å²) in [5.41, 5.74) is 4.07. The second kappa shape index (κ2) is 7.79. The normalized spacial score (nSPS) is 14.8. The van der Waals surface area contributed by atoms with Gasteiger partial charge >= 0.3 is 0 Å². The standard InChI is InChI=1S/C20H22N2O2/c1-16-5-4-6-17(15-16)9-10-20(23)21-18-7-2-3-8-19(18)22-11-13-24-14-12-22/h2-10,15H,11-14H2,1H3,(H,21,23). The summed E-state index contributed by atoms with van der Waals surface area (Å²) < 4.78 is 5.40. The summed E-state index contributed by atoms with van der Waals surface area (Å²) in [5.74, 6) is -0.128. The molecule has 1 heterocycles. The molecule has 0 atom stereocenters. The Morgan fingerprint density at radius 1 is 1.12 bits per heavy atom. The van der Waals surface area contributed by atoms with Gasteiger partial charge in [0.15, 0.2) is 0 Å². The Morgan fingerprint density at radius 2 is 1.92 bits per heavy atom. The number of ether oxygens (including phenoxy) is 1. The van der Waals surface area contributed by atoms with E-state index >= 15 is 0 Å². The molecule has 0 spiro atoms. The number of carbonyl (C=O) groups is 1. The van der Waals surface area contributed by atoms with E-state index in [0.717, 1.165) is 43.2 Å². The third-order valence-electron chi connectivity index (χ3n) is 3.98. The van der Waals surface area contributed by atoms with Crippen LogP contribution in [-0.2, 0) is 9.53 Å². The largest absolute Gasteiger partial charge is 0.378 e. The van der Waals surface area contributed by atoms with Crippen LogP contribution in [-0.4, -0.2) is 32.2 Å². The third-order valence-corrected chi connectivity index (χ3v) is 3.98. The minimum absolute atomic E-state index is 0.128. The van der Waals surface area contributed by atoms with Crippen LogP contribution in [0.15, 0.2) is 54.6 Å². The van der Waals surface area contributed by atoms with Gasteiger partial charge in [-0.15, -0.1) is 0 Å². The van der Waals surface area contributed by atoms with Crippen molar-refractivity contribution in [3.63, 3.8) is 0 Å². The molecule has 1 saturated heterocycles. The lowest BCUT2D eigenvalue weighted by atomic mass is 10.1. The first-order valence-electron chi connectivity index (χ1n) is 8.20. The number of carbonyl (C=O) groups excluding carboxylic acids is 1. The number of anilines is 2. The number of hydrogen-bond acceptors (Lipinski definition) is 3. The number of nitrogens with one attached hydrogen (secondary N) is 1. The van der Waals surface area contributed by atoms with Crippen molar-refractivity contribution in [2.24, 2.45) is 0 Å². The lowest BCUT2D eigenvalue weighted by Crippen LogP contribution is -2.36. The molecule has 2 aromatic rings. The van der Waals surface area contributed by atoms with Crippen LogP contribution < -0.4 is 10.2 Å². The van der Waals surface area contributed by atoms with Gasteiger partial charge in [0.1, 0.15) is 0 Å². The van der Waals surface area contributed by atoms with E-state index in [1.165, 1.54) is 5.56 Å². The Balaban J connectivity index is 1.70. The maximum Gasteiger partial charge on any atom is 0.248 e. The predicted octanol–water partition coefficient (Wildman–Crippen LogP) is 3.48. The molecule has 124 valence electrons. The Bertz CT molecular complexity index is 734. The zero-order chi connectivity index (χ0) is 16.8. The fourth-order valence-corrected chi connectivity index (χ4v) is 2.78. The molecule has 1 fully saturated rings. The van der Waals surface area contributed by atoms with E-state index in [2.05, 4.69) is 10.2 Å². The van der Waals surface area contributed by atoms with E-state index in [0.29, 0.717) is 0 Å². The van der Waals surface area contributed by atoms with Crippen LogP contribution in [0.2, 0.25) is 0 Å². The van der Waals surface area contributed by atoms with Gasteiger partial charge in [-0.05, 0) is 30.7 Å². The smallest absolute Gasteiger partial charge is 0.248 e. The number of nitrogens with zero attached hydrogens (tertiary/aromatic N) is 1. The average molecular weight is 322 g/mol. The number of para-hydroxylation sites is 2. The van der Waals surface area contributed by atoms with Gasteiger partial charge in [0.25, 0.3) is 0 Å². The Hall–Kier alpha value is -2.59. The van der Waals surface area contributed by atoms with Crippen molar-refractivity contribution in [1.29, 1.82) is 0 Å². The first-order valence-corrected chi connectivity index (χ1v) is 8.20. The van der Waals surface area contributed by atoms with Gasteiger partial charge in [-0.25, -0.2) is 0 Å². The molecule has 3 rings (SSSR count). The van der Waals surface area contributed by atoms with Crippen molar-refractivity contribution < 1.29 is 9.53 Å². The number of morpholine rings is 1. The van der Waals surface area contributed by atoms with Crippen molar-refractivity contribution in [3.8, 4) is 0 Å². The molecule has 24 heavy (non-hydrogen) atoms. The van der Waals surface area contributed by atoms with Crippen molar-refractivity contribution >= 4 is 23.4 Å². The molecule has 0 aliphatic carbocycles. The topological polar surface area (TPSA) is 41.6 Å². The highest BCUT2D eigenvalue weighted by Crippen LogP contribution is 2.26. The third kappa shape index (κ3) is 4.24. The molecule has 0 bridgehead atoms. The second-order valence-corrected chi connectivity index (χ2v) is 5.85. The summed E-state index contributed by atoms with van der Waals surface area (Å²) in [7, 11) is 0.